The van der Waals surface area contributed by atoms with E-state index in [4.69, 9.17) is 0 Å². The smallest absolute Gasteiger partial charge is 0.167 e. The Morgan fingerprint density at radius 2 is 1.68 bits per heavy atom. The van der Waals surface area contributed by atoms with Crippen molar-refractivity contribution in [3.63, 3.8) is 0 Å². The van der Waals surface area contributed by atoms with Crippen LogP contribution in [-0.2, 0) is 0 Å². The number of benzene rings is 1. The molecule has 2 bridgehead atoms. The van der Waals surface area contributed by atoms with Gasteiger partial charge in [-0.3, -0.25) is 4.79 Å². The molecule has 0 spiro atoms. The fourth-order valence-electron chi connectivity index (χ4n) is 4.32. The zero-order chi connectivity index (χ0) is 15.3. The van der Waals surface area contributed by atoms with Crippen LogP contribution >= 0.6 is 0 Å². The fourth-order valence-corrected chi connectivity index (χ4v) is 4.32. The highest BCUT2D eigenvalue weighted by Gasteiger charge is 2.38. The van der Waals surface area contributed by atoms with Crippen molar-refractivity contribution in [1.29, 1.82) is 0 Å². The fraction of sp³-hybridized carbons (Fsp3) is 0.611. The number of carbonyl (C=O) groups excluding carboxylic acids is 1. The maximum absolute atomic E-state index is 13.0. The van der Waals surface area contributed by atoms with E-state index in [0.717, 1.165) is 25.2 Å². The van der Waals surface area contributed by atoms with Gasteiger partial charge in [0.2, 0.25) is 0 Å². The van der Waals surface area contributed by atoms with Crippen molar-refractivity contribution < 1.29 is 4.79 Å². The molecule has 1 aromatic carbocycles. The van der Waals surface area contributed by atoms with Crippen molar-refractivity contribution in [2.45, 2.75) is 12.8 Å². The molecule has 4 nitrogen and oxygen atoms in total. The number of Topliss-reactive ketones (excluding diaryl/α,β-unsaturated/α-hetero) is 1. The van der Waals surface area contributed by atoms with Crippen LogP contribution in [0.5, 0.6) is 0 Å². The lowest BCUT2D eigenvalue weighted by molar-refractivity contribution is 0.0419. The van der Waals surface area contributed by atoms with Gasteiger partial charge in [-0.15, -0.1) is 0 Å². The second-order valence-electron chi connectivity index (χ2n) is 7.16. The summed E-state index contributed by atoms with van der Waals surface area (Å²) in [6.45, 7) is 5.39. The van der Waals surface area contributed by atoms with E-state index in [-0.39, 0.29) is 5.92 Å². The molecule has 3 fully saturated rings. The SMILES string of the molecule is CN1CCN(C)c2cc(C(=O)C3CN4CCC3CC4)ccc21. The van der Waals surface area contributed by atoms with E-state index in [1.165, 1.54) is 37.3 Å². The highest BCUT2D eigenvalue weighted by atomic mass is 16.1. The number of hydrogen-bond donors (Lipinski definition) is 0. The number of hydrogen-bond acceptors (Lipinski definition) is 4. The third-order valence-corrected chi connectivity index (χ3v) is 5.85. The molecular formula is C18H25N3O. The van der Waals surface area contributed by atoms with E-state index in [0.29, 0.717) is 11.7 Å². The van der Waals surface area contributed by atoms with E-state index < -0.39 is 0 Å². The Hall–Kier alpha value is -1.55. The molecule has 4 heteroatoms. The average molecular weight is 299 g/mol. The molecule has 1 aromatic rings. The van der Waals surface area contributed by atoms with Crippen LogP contribution in [0.2, 0.25) is 0 Å². The molecule has 0 radical (unpaired) electrons. The molecule has 3 saturated heterocycles. The van der Waals surface area contributed by atoms with Gasteiger partial charge in [-0.2, -0.15) is 0 Å². The molecule has 118 valence electrons. The van der Waals surface area contributed by atoms with Crippen LogP contribution in [0.25, 0.3) is 0 Å². The van der Waals surface area contributed by atoms with Crippen molar-refractivity contribution >= 4 is 17.2 Å². The molecular weight excluding hydrogens is 274 g/mol. The Balaban J connectivity index is 1.63. The molecule has 0 aliphatic carbocycles. The van der Waals surface area contributed by atoms with E-state index in [1.54, 1.807) is 0 Å². The zero-order valence-electron chi connectivity index (χ0n) is 13.6. The van der Waals surface area contributed by atoms with Gasteiger partial charge in [0.1, 0.15) is 0 Å². The average Bonchev–Trinajstić information content (AvgIpc) is 2.58. The molecule has 5 rings (SSSR count). The predicted molar refractivity (Wildman–Crippen MR) is 90.0 cm³/mol. The summed E-state index contributed by atoms with van der Waals surface area (Å²) in [6.07, 6.45) is 2.40. The van der Waals surface area contributed by atoms with E-state index in [1.807, 2.05) is 6.07 Å². The van der Waals surface area contributed by atoms with Gasteiger partial charge < -0.3 is 14.7 Å². The third kappa shape index (κ3) is 2.21. The summed E-state index contributed by atoms with van der Waals surface area (Å²) in [5.41, 5.74) is 3.33. The number of piperidine rings is 3. The summed E-state index contributed by atoms with van der Waals surface area (Å²) >= 11 is 0. The number of anilines is 2. The molecule has 1 unspecified atom stereocenters. The largest absolute Gasteiger partial charge is 0.371 e. The van der Waals surface area contributed by atoms with Crippen LogP contribution in [-0.4, -0.2) is 57.5 Å². The van der Waals surface area contributed by atoms with Crippen molar-refractivity contribution in [3.05, 3.63) is 23.8 Å². The van der Waals surface area contributed by atoms with Crippen LogP contribution in [0.4, 0.5) is 11.4 Å². The summed E-state index contributed by atoms with van der Waals surface area (Å²) < 4.78 is 0. The second kappa shape index (κ2) is 5.27. The summed E-state index contributed by atoms with van der Waals surface area (Å²) in [6, 6.07) is 6.28. The minimum absolute atomic E-state index is 0.215. The minimum atomic E-state index is 0.215. The number of ketones is 1. The number of likely N-dealkylation sites (N-methyl/N-ethyl adjacent to an activating group) is 2. The number of carbonyl (C=O) groups is 1. The first kappa shape index (κ1) is 14.1. The Kier molecular flexibility index (Phi) is 3.37. The Labute approximate surface area is 132 Å². The molecule has 1 atom stereocenters. The van der Waals surface area contributed by atoms with Crippen LogP contribution < -0.4 is 9.80 Å². The first-order chi connectivity index (χ1) is 10.6. The van der Waals surface area contributed by atoms with Crippen molar-refractivity contribution in [2.75, 3.05) is 56.6 Å². The molecule has 0 N–H and O–H groups in total. The van der Waals surface area contributed by atoms with Crippen LogP contribution in [0.1, 0.15) is 23.2 Å². The summed E-state index contributed by atoms with van der Waals surface area (Å²) in [4.78, 5) is 20.0. The van der Waals surface area contributed by atoms with Gasteiger partial charge in [0.25, 0.3) is 0 Å². The van der Waals surface area contributed by atoms with Crippen molar-refractivity contribution in [3.8, 4) is 0 Å². The maximum Gasteiger partial charge on any atom is 0.167 e. The topological polar surface area (TPSA) is 26.8 Å². The number of nitrogens with zero attached hydrogens (tertiary/aromatic N) is 3. The van der Waals surface area contributed by atoms with E-state index in [2.05, 4.69) is 40.9 Å². The van der Waals surface area contributed by atoms with Crippen LogP contribution in [0.3, 0.4) is 0 Å². The molecule has 0 saturated carbocycles. The van der Waals surface area contributed by atoms with E-state index in [9.17, 15) is 4.79 Å². The number of fused-ring (bicyclic) bond motifs is 4. The van der Waals surface area contributed by atoms with Crippen molar-refractivity contribution in [2.24, 2.45) is 11.8 Å². The molecule has 0 amide bonds. The summed E-state index contributed by atoms with van der Waals surface area (Å²) in [5.74, 6) is 1.18. The lowest BCUT2D eigenvalue weighted by Gasteiger charge is -2.44. The molecule has 22 heavy (non-hydrogen) atoms. The third-order valence-electron chi connectivity index (χ3n) is 5.85. The highest BCUT2D eigenvalue weighted by molar-refractivity contribution is 6.00. The standard InChI is InChI=1S/C18H25N3O/c1-19-9-10-20(2)17-11-14(3-4-16(17)19)18(22)15-12-21-7-5-13(15)6-8-21/h3-4,11,13,15H,5-10,12H2,1-2H3. The Bertz CT molecular complexity index is 592. The molecule has 4 aliphatic heterocycles. The van der Waals surface area contributed by atoms with Gasteiger partial charge in [-0.25, -0.2) is 0 Å². The molecule has 4 aliphatic rings. The van der Waals surface area contributed by atoms with E-state index >= 15 is 0 Å². The second-order valence-corrected chi connectivity index (χ2v) is 7.16. The van der Waals surface area contributed by atoms with Gasteiger partial charge in [-0.05, 0) is 50.0 Å². The molecule has 4 heterocycles. The summed E-state index contributed by atoms with van der Waals surface area (Å²) in [5, 5.41) is 0. The normalized spacial score (nSPS) is 30.4. The lowest BCUT2D eigenvalue weighted by Crippen LogP contribution is -2.50. The summed E-state index contributed by atoms with van der Waals surface area (Å²) in [7, 11) is 4.25. The zero-order valence-corrected chi connectivity index (χ0v) is 13.6. The monoisotopic (exact) mass is 299 g/mol. The quantitative estimate of drug-likeness (QED) is 0.782. The van der Waals surface area contributed by atoms with Gasteiger partial charge >= 0.3 is 0 Å². The van der Waals surface area contributed by atoms with Crippen LogP contribution in [0.15, 0.2) is 18.2 Å². The Morgan fingerprint density at radius 3 is 2.32 bits per heavy atom. The van der Waals surface area contributed by atoms with Gasteiger partial charge in [0.15, 0.2) is 5.78 Å². The lowest BCUT2D eigenvalue weighted by atomic mass is 9.75. The number of rotatable bonds is 2. The molecule has 0 aromatic heterocycles. The predicted octanol–water partition coefficient (Wildman–Crippen LogP) is 2.10. The highest BCUT2D eigenvalue weighted by Crippen LogP contribution is 2.37. The van der Waals surface area contributed by atoms with Crippen LogP contribution in [0, 0.1) is 11.8 Å². The van der Waals surface area contributed by atoms with Gasteiger partial charge in [0.05, 0.1) is 11.4 Å². The first-order valence-corrected chi connectivity index (χ1v) is 8.46. The minimum Gasteiger partial charge on any atom is -0.371 e. The van der Waals surface area contributed by atoms with Gasteiger partial charge in [0, 0.05) is 45.2 Å². The Morgan fingerprint density at radius 1 is 1.00 bits per heavy atom. The first-order valence-electron chi connectivity index (χ1n) is 8.46. The maximum atomic E-state index is 13.0. The van der Waals surface area contributed by atoms with Gasteiger partial charge in [-0.1, -0.05) is 0 Å². The van der Waals surface area contributed by atoms with Crippen molar-refractivity contribution in [1.82, 2.24) is 4.90 Å².